The molecule has 0 saturated carbocycles. The van der Waals surface area contributed by atoms with Crippen molar-refractivity contribution in [2.45, 2.75) is 59.3 Å². The van der Waals surface area contributed by atoms with Gasteiger partial charge in [0.05, 0.1) is 0 Å². The standard InChI is InChI=1S/C17H27N/c1-5-8-15(4)9-6-7-10-17-13-16(14(2)3)11-12-18-17/h11-13,15H,2,5-10H2,1,3-4H3. The molecule has 1 aromatic rings. The number of aromatic nitrogens is 1. The summed E-state index contributed by atoms with van der Waals surface area (Å²) in [6.45, 7) is 10.7. The maximum absolute atomic E-state index is 4.43. The highest BCUT2D eigenvalue weighted by Gasteiger charge is 2.02. The number of nitrogens with zero attached hydrogens (tertiary/aromatic N) is 1. The van der Waals surface area contributed by atoms with Crippen molar-refractivity contribution in [2.75, 3.05) is 0 Å². The molecule has 0 saturated heterocycles. The van der Waals surface area contributed by atoms with Crippen LogP contribution in [0.3, 0.4) is 0 Å². The lowest BCUT2D eigenvalue weighted by atomic mass is 9.98. The molecule has 1 unspecified atom stereocenters. The van der Waals surface area contributed by atoms with E-state index in [1.165, 1.54) is 43.4 Å². The summed E-state index contributed by atoms with van der Waals surface area (Å²) in [7, 11) is 0. The highest BCUT2D eigenvalue weighted by Crippen LogP contribution is 2.16. The molecule has 0 fully saturated rings. The van der Waals surface area contributed by atoms with E-state index in [1.54, 1.807) is 0 Å². The molecule has 0 aromatic carbocycles. The molecule has 0 aliphatic rings. The molecule has 1 heterocycles. The zero-order valence-electron chi connectivity index (χ0n) is 12.2. The van der Waals surface area contributed by atoms with Crippen LogP contribution >= 0.6 is 0 Å². The van der Waals surface area contributed by atoms with Crippen molar-refractivity contribution in [3.05, 3.63) is 36.2 Å². The van der Waals surface area contributed by atoms with Crippen molar-refractivity contribution in [3.63, 3.8) is 0 Å². The Balaban J connectivity index is 2.31. The van der Waals surface area contributed by atoms with Crippen molar-refractivity contribution in [1.82, 2.24) is 4.98 Å². The highest BCUT2D eigenvalue weighted by atomic mass is 14.7. The highest BCUT2D eigenvalue weighted by molar-refractivity contribution is 5.61. The van der Waals surface area contributed by atoms with Crippen molar-refractivity contribution in [3.8, 4) is 0 Å². The van der Waals surface area contributed by atoms with Crippen LogP contribution in [0.15, 0.2) is 24.9 Å². The van der Waals surface area contributed by atoms with Crippen molar-refractivity contribution >= 4 is 5.57 Å². The molecule has 1 nitrogen and oxygen atoms in total. The summed E-state index contributed by atoms with van der Waals surface area (Å²) in [5, 5.41) is 0. The van der Waals surface area contributed by atoms with Crippen LogP contribution in [0.25, 0.3) is 5.57 Å². The van der Waals surface area contributed by atoms with Gasteiger partial charge in [-0.25, -0.2) is 0 Å². The number of aryl methyl sites for hydroxylation is 1. The average Bonchev–Trinajstić information content (AvgIpc) is 2.35. The second kappa shape index (κ2) is 8.07. The SMILES string of the molecule is C=C(C)c1ccnc(CCCCC(C)CCC)c1. The molecule has 0 aliphatic heterocycles. The van der Waals surface area contributed by atoms with Gasteiger partial charge in [0.2, 0.25) is 0 Å². The summed E-state index contributed by atoms with van der Waals surface area (Å²) >= 11 is 0. The number of pyridine rings is 1. The summed E-state index contributed by atoms with van der Waals surface area (Å²) in [6.07, 6.45) is 9.60. The first-order valence-electron chi connectivity index (χ1n) is 7.24. The van der Waals surface area contributed by atoms with Gasteiger partial charge in [0.25, 0.3) is 0 Å². The fraction of sp³-hybridized carbons (Fsp3) is 0.588. The van der Waals surface area contributed by atoms with Crippen molar-refractivity contribution < 1.29 is 0 Å². The molecule has 100 valence electrons. The maximum atomic E-state index is 4.43. The molecular formula is C17H27N. The first-order valence-corrected chi connectivity index (χ1v) is 7.24. The number of hydrogen-bond donors (Lipinski definition) is 0. The fourth-order valence-electron chi connectivity index (χ4n) is 2.32. The van der Waals surface area contributed by atoms with Gasteiger partial charge in [0, 0.05) is 11.9 Å². The third-order valence-corrected chi connectivity index (χ3v) is 3.47. The largest absolute Gasteiger partial charge is 0.261 e. The van der Waals surface area contributed by atoms with Crippen LogP contribution in [0.5, 0.6) is 0 Å². The van der Waals surface area contributed by atoms with E-state index in [0.717, 1.165) is 17.9 Å². The van der Waals surface area contributed by atoms with Gasteiger partial charge in [-0.05, 0) is 43.4 Å². The van der Waals surface area contributed by atoms with Gasteiger partial charge < -0.3 is 0 Å². The van der Waals surface area contributed by atoms with Crippen LogP contribution in [0, 0.1) is 5.92 Å². The van der Waals surface area contributed by atoms with E-state index in [1.807, 2.05) is 19.2 Å². The molecule has 0 amide bonds. The maximum Gasteiger partial charge on any atom is 0.0409 e. The van der Waals surface area contributed by atoms with E-state index in [9.17, 15) is 0 Å². The summed E-state index contributed by atoms with van der Waals surface area (Å²) < 4.78 is 0. The monoisotopic (exact) mass is 245 g/mol. The number of rotatable bonds is 8. The van der Waals surface area contributed by atoms with E-state index >= 15 is 0 Å². The average molecular weight is 245 g/mol. The van der Waals surface area contributed by atoms with Crippen LogP contribution in [0.1, 0.15) is 64.1 Å². The van der Waals surface area contributed by atoms with Crippen molar-refractivity contribution in [1.29, 1.82) is 0 Å². The van der Waals surface area contributed by atoms with Crippen molar-refractivity contribution in [2.24, 2.45) is 5.92 Å². The number of unbranched alkanes of at least 4 members (excludes halogenated alkanes) is 1. The number of hydrogen-bond acceptors (Lipinski definition) is 1. The minimum atomic E-state index is 0.879. The fourth-order valence-corrected chi connectivity index (χ4v) is 2.32. The Labute approximate surface area is 112 Å². The molecular weight excluding hydrogens is 218 g/mol. The minimum Gasteiger partial charge on any atom is -0.261 e. The Bertz CT molecular complexity index is 368. The molecule has 1 rings (SSSR count). The number of allylic oxidation sites excluding steroid dienone is 1. The molecule has 0 radical (unpaired) electrons. The Morgan fingerprint density at radius 3 is 2.78 bits per heavy atom. The van der Waals surface area contributed by atoms with Gasteiger partial charge in [-0.2, -0.15) is 0 Å². The topological polar surface area (TPSA) is 12.9 Å². The van der Waals surface area contributed by atoms with E-state index in [4.69, 9.17) is 0 Å². The zero-order valence-corrected chi connectivity index (χ0v) is 12.2. The van der Waals surface area contributed by atoms with Gasteiger partial charge in [-0.3, -0.25) is 4.98 Å². The van der Waals surface area contributed by atoms with Gasteiger partial charge in [0.15, 0.2) is 0 Å². The first-order chi connectivity index (χ1) is 8.63. The second-order valence-corrected chi connectivity index (χ2v) is 5.46. The molecule has 0 aliphatic carbocycles. The Morgan fingerprint density at radius 1 is 1.33 bits per heavy atom. The van der Waals surface area contributed by atoms with Crippen LogP contribution in [0.2, 0.25) is 0 Å². The van der Waals surface area contributed by atoms with E-state index in [0.29, 0.717) is 0 Å². The van der Waals surface area contributed by atoms with E-state index in [-0.39, 0.29) is 0 Å². The summed E-state index contributed by atoms with van der Waals surface area (Å²) in [6, 6.07) is 4.22. The smallest absolute Gasteiger partial charge is 0.0409 e. The summed E-state index contributed by atoms with van der Waals surface area (Å²) in [5.74, 6) is 0.879. The van der Waals surface area contributed by atoms with Gasteiger partial charge in [0.1, 0.15) is 0 Å². The van der Waals surface area contributed by atoms with E-state index in [2.05, 4.69) is 31.5 Å². The Morgan fingerprint density at radius 2 is 2.11 bits per heavy atom. The van der Waals surface area contributed by atoms with Gasteiger partial charge >= 0.3 is 0 Å². The predicted octanol–water partition coefficient (Wildman–Crippen LogP) is 5.26. The van der Waals surface area contributed by atoms with Crippen LogP contribution in [0.4, 0.5) is 0 Å². The minimum absolute atomic E-state index is 0.879. The molecule has 0 bridgehead atoms. The molecule has 1 heteroatoms. The first kappa shape index (κ1) is 14.9. The molecule has 0 N–H and O–H groups in total. The third kappa shape index (κ3) is 5.48. The Hall–Kier alpha value is -1.11. The third-order valence-electron chi connectivity index (χ3n) is 3.47. The molecule has 18 heavy (non-hydrogen) atoms. The summed E-state index contributed by atoms with van der Waals surface area (Å²) in [4.78, 5) is 4.43. The van der Waals surface area contributed by atoms with Crippen LogP contribution in [-0.4, -0.2) is 4.98 Å². The quantitative estimate of drug-likeness (QED) is 0.569. The normalized spacial score (nSPS) is 12.4. The zero-order chi connectivity index (χ0) is 13.4. The van der Waals surface area contributed by atoms with Crippen LogP contribution < -0.4 is 0 Å². The lowest BCUT2D eigenvalue weighted by Crippen LogP contribution is -1.96. The van der Waals surface area contributed by atoms with E-state index < -0.39 is 0 Å². The second-order valence-electron chi connectivity index (χ2n) is 5.46. The lowest BCUT2D eigenvalue weighted by Gasteiger charge is -2.09. The predicted molar refractivity (Wildman–Crippen MR) is 80.6 cm³/mol. The summed E-state index contributed by atoms with van der Waals surface area (Å²) in [5.41, 5.74) is 3.55. The molecule has 0 spiro atoms. The van der Waals surface area contributed by atoms with Gasteiger partial charge in [-0.1, -0.05) is 51.7 Å². The van der Waals surface area contributed by atoms with Gasteiger partial charge in [-0.15, -0.1) is 0 Å². The molecule has 1 atom stereocenters. The van der Waals surface area contributed by atoms with Crippen LogP contribution in [-0.2, 0) is 6.42 Å². The Kier molecular flexibility index (Phi) is 6.70. The molecule has 1 aromatic heterocycles. The lowest BCUT2D eigenvalue weighted by molar-refractivity contribution is 0.460.